The Labute approximate surface area is 182 Å². The second-order valence-electron chi connectivity index (χ2n) is 6.52. The quantitative estimate of drug-likeness (QED) is 0.364. The summed E-state index contributed by atoms with van der Waals surface area (Å²) >= 11 is 5.14. The van der Waals surface area contributed by atoms with Gasteiger partial charge in [0.05, 0.1) is 12.7 Å². The van der Waals surface area contributed by atoms with Crippen LogP contribution >= 0.6 is 27.7 Å². The van der Waals surface area contributed by atoms with Gasteiger partial charge in [0.25, 0.3) is 0 Å². The first kappa shape index (κ1) is 20.0. The van der Waals surface area contributed by atoms with Crippen molar-refractivity contribution in [3.05, 3.63) is 52.5 Å². The molecular formula is C21H21BrN4O2S. The summed E-state index contributed by atoms with van der Waals surface area (Å²) in [6.07, 6.45) is 1.74. The van der Waals surface area contributed by atoms with Crippen LogP contribution in [0.4, 0.5) is 5.69 Å². The van der Waals surface area contributed by atoms with Crippen molar-refractivity contribution in [3.8, 4) is 22.9 Å². The number of thioether (sulfide) groups is 1. The van der Waals surface area contributed by atoms with Crippen molar-refractivity contribution < 1.29 is 9.47 Å². The number of benzene rings is 2. The van der Waals surface area contributed by atoms with Crippen molar-refractivity contribution in [2.24, 2.45) is 0 Å². The lowest BCUT2D eigenvalue weighted by atomic mass is 10.1. The van der Waals surface area contributed by atoms with Gasteiger partial charge in [-0.15, -0.1) is 10.2 Å². The molecule has 29 heavy (non-hydrogen) atoms. The molecule has 1 atom stereocenters. The number of anilines is 1. The molecule has 1 aromatic heterocycles. The molecule has 2 aromatic carbocycles. The first-order valence-electron chi connectivity index (χ1n) is 9.43. The lowest BCUT2D eigenvalue weighted by Gasteiger charge is -2.21. The minimum Gasteiger partial charge on any atom is -0.496 e. The Bertz CT molecular complexity index is 1020. The van der Waals surface area contributed by atoms with E-state index in [9.17, 15) is 0 Å². The first-order valence-corrected chi connectivity index (χ1v) is 11.2. The molecule has 0 amide bonds. The number of unbranched alkanes of at least 4 members (excludes halogenated alkanes) is 1. The van der Waals surface area contributed by atoms with Gasteiger partial charge in [-0.2, -0.15) is 4.98 Å². The lowest BCUT2D eigenvalue weighted by molar-refractivity contribution is 0.219. The van der Waals surface area contributed by atoms with Crippen LogP contribution in [-0.2, 0) is 0 Å². The zero-order chi connectivity index (χ0) is 20.2. The molecule has 0 bridgehead atoms. The average molecular weight is 473 g/mol. The monoisotopic (exact) mass is 472 g/mol. The maximum Gasteiger partial charge on any atom is 0.247 e. The highest BCUT2D eigenvalue weighted by Gasteiger charge is 2.28. The molecule has 1 N–H and O–H groups in total. The summed E-state index contributed by atoms with van der Waals surface area (Å²) in [4.78, 5) is 4.67. The average Bonchev–Trinajstić information content (AvgIpc) is 2.90. The minimum absolute atomic E-state index is 0.462. The van der Waals surface area contributed by atoms with Crippen molar-refractivity contribution in [1.82, 2.24) is 15.2 Å². The van der Waals surface area contributed by atoms with Crippen LogP contribution in [0.25, 0.3) is 11.3 Å². The van der Waals surface area contributed by atoms with Gasteiger partial charge < -0.3 is 14.8 Å². The molecular weight excluding hydrogens is 452 g/mol. The molecule has 0 spiro atoms. The highest BCUT2D eigenvalue weighted by atomic mass is 79.9. The minimum atomic E-state index is -0.491. The molecule has 0 fully saturated rings. The Balaban J connectivity index is 1.78. The Morgan fingerprint density at radius 2 is 2.07 bits per heavy atom. The maximum atomic E-state index is 6.33. The van der Waals surface area contributed by atoms with E-state index < -0.39 is 6.23 Å². The molecule has 4 rings (SSSR count). The summed E-state index contributed by atoms with van der Waals surface area (Å²) in [5.41, 5.74) is 3.30. The van der Waals surface area contributed by atoms with Crippen LogP contribution in [-0.4, -0.2) is 28.0 Å². The van der Waals surface area contributed by atoms with E-state index >= 15 is 0 Å². The summed E-state index contributed by atoms with van der Waals surface area (Å²) in [6, 6.07) is 13.8. The van der Waals surface area contributed by atoms with Crippen molar-refractivity contribution >= 4 is 33.4 Å². The van der Waals surface area contributed by atoms with Crippen molar-refractivity contribution in [3.63, 3.8) is 0 Å². The Morgan fingerprint density at radius 3 is 2.90 bits per heavy atom. The van der Waals surface area contributed by atoms with E-state index in [4.69, 9.17) is 9.47 Å². The summed E-state index contributed by atoms with van der Waals surface area (Å²) < 4.78 is 12.8. The molecule has 2 heterocycles. The number of aromatic nitrogens is 3. The van der Waals surface area contributed by atoms with E-state index in [2.05, 4.69) is 43.4 Å². The molecule has 0 saturated carbocycles. The van der Waals surface area contributed by atoms with Crippen LogP contribution in [0.2, 0.25) is 0 Å². The molecule has 0 radical (unpaired) electrons. The van der Waals surface area contributed by atoms with E-state index in [1.54, 1.807) is 18.9 Å². The van der Waals surface area contributed by atoms with E-state index in [1.165, 1.54) is 0 Å². The second kappa shape index (κ2) is 9.00. The Hall–Kier alpha value is -2.32. The van der Waals surface area contributed by atoms with Gasteiger partial charge in [-0.25, -0.2) is 0 Å². The number of methoxy groups -OCH3 is 1. The molecule has 0 aliphatic carbocycles. The molecule has 8 heteroatoms. The second-order valence-corrected chi connectivity index (χ2v) is 8.50. The van der Waals surface area contributed by atoms with Gasteiger partial charge >= 0.3 is 0 Å². The van der Waals surface area contributed by atoms with Gasteiger partial charge in [-0.05, 0) is 30.7 Å². The number of para-hydroxylation sites is 1. The third-order valence-corrected chi connectivity index (χ3v) is 5.95. The molecule has 150 valence electrons. The van der Waals surface area contributed by atoms with Gasteiger partial charge in [0.15, 0.2) is 5.69 Å². The van der Waals surface area contributed by atoms with Gasteiger partial charge in [-0.1, -0.05) is 59.2 Å². The van der Waals surface area contributed by atoms with Crippen molar-refractivity contribution in [2.75, 3.05) is 18.2 Å². The fourth-order valence-corrected chi connectivity index (χ4v) is 4.31. The third kappa shape index (κ3) is 4.33. The summed E-state index contributed by atoms with van der Waals surface area (Å²) in [7, 11) is 1.65. The highest BCUT2D eigenvalue weighted by molar-refractivity contribution is 9.10. The molecule has 6 nitrogen and oxygen atoms in total. The molecule has 1 aliphatic rings. The molecule has 0 saturated heterocycles. The topological polar surface area (TPSA) is 69.2 Å². The third-order valence-electron chi connectivity index (χ3n) is 4.54. The fraction of sp³-hybridized carbons (Fsp3) is 0.286. The SMILES string of the molecule is CCCCSc1nnc2c(n1)O[C@@H](c1cc(Br)ccc1OC)Nc1ccccc1-2. The lowest BCUT2D eigenvalue weighted by Crippen LogP contribution is -2.18. The van der Waals surface area contributed by atoms with Gasteiger partial charge in [-0.3, -0.25) is 0 Å². The van der Waals surface area contributed by atoms with Gasteiger partial charge in [0.2, 0.25) is 17.3 Å². The van der Waals surface area contributed by atoms with Crippen LogP contribution in [0.3, 0.4) is 0 Å². The van der Waals surface area contributed by atoms with E-state index in [1.807, 2.05) is 42.5 Å². The van der Waals surface area contributed by atoms with Gasteiger partial charge in [0, 0.05) is 21.5 Å². The first-order chi connectivity index (χ1) is 14.2. The summed E-state index contributed by atoms with van der Waals surface area (Å²) in [6.45, 7) is 2.17. The maximum absolute atomic E-state index is 6.33. The summed E-state index contributed by atoms with van der Waals surface area (Å²) in [5.74, 6) is 2.14. The zero-order valence-corrected chi connectivity index (χ0v) is 18.6. The predicted molar refractivity (Wildman–Crippen MR) is 119 cm³/mol. The predicted octanol–water partition coefficient (Wildman–Crippen LogP) is 5.71. The van der Waals surface area contributed by atoms with Crippen LogP contribution in [0, 0.1) is 0 Å². The largest absolute Gasteiger partial charge is 0.496 e. The zero-order valence-electron chi connectivity index (χ0n) is 16.2. The number of ether oxygens (including phenoxy) is 2. The fourth-order valence-electron chi connectivity index (χ4n) is 3.07. The van der Waals surface area contributed by atoms with E-state index in [0.29, 0.717) is 16.7 Å². The standard InChI is InChI=1S/C21H21BrN4O2S/c1-3-4-11-29-21-24-20-18(25-26-21)14-7-5-6-8-16(14)23-19(28-20)15-12-13(22)9-10-17(15)27-2/h5-10,12,19,23H,3-4,11H2,1-2H3/t19-/m0/s1. The summed E-state index contributed by atoms with van der Waals surface area (Å²) in [5, 5.41) is 12.8. The van der Waals surface area contributed by atoms with E-state index in [0.717, 1.165) is 45.6 Å². The number of nitrogens with one attached hydrogen (secondary N) is 1. The van der Waals surface area contributed by atoms with Crippen LogP contribution < -0.4 is 14.8 Å². The van der Waals surface area contributed by atoms with Gasteiger partial charge in [0.1, 0.15) is 5.75 Å². The van der Waals surface area contributed by atoms with Crippen LogP contribution in [0.1, 0.15) is 31.6 Å². The number of nitrogens with zero attached hydrogens (tertiary/aromatic N) is 3. The number of rotatable bonds is 6. The molecule has 3 aromatic rings. The molecule has 1 aliphatic heterocycles. The van der Waals surface area contributed by atoms with E-state index in [-0.39, 0.29) is 0 Å². The van der Waals surface area contributed by atoms with Crippen LogP contribution in [0.5, 0.6) is 11.6 Å². The Morgan fingerprint density at radius 1 is 1.21 bits per heavy atom. The van der Waals surface area contributed by atoms with Crippen molar-refractivity contribution in [2.45, 2.75) is 31.1 Å². The number of hydrogen-bond donors (Lipinski definition) is 1. The normalized spacial score (nSPS) is 14.8. The molecule has 0 unspecified atom stereocenters. The number of halogens is 1. The number of hydrogen-bond acceptors (Lipinski definition) is 7. The van der Waals surface area contributed by atoms with Crippen molar-refractivity contribution in [1.29, 1.82) is 0 Å². The Kier molecular flexibility index (Phi) is 6.20. The smallest absolute Gasteiger partial charge is 0.247 e. The van der Waals surface area contributed by atoms with Crippen LogP contribution in [0.15, 0.2) is 52.1 Å². The number of fused-ring (bicyclic) bond motifs is 3. The highest BCUT2D eigenvalue weighted by Crippen LogP contribution is 2.41.